The summed E-state index contributed by atoms with van der Waals surface area (Å²) in [5, 5.41) is 4.48. The number of nitrogens with one attached hydrogen (secondary N) is 2. The van der Waals surface area contributed by atoms with Crippen molar-refractivity contribution in [2.45, 2.75) is 33.6 Å². The fraction of sp³-hybridized carbons (Fsp3) is 0.765. The fourth-order valence-corrected chi connectivity index (χ4v) is 2.52. The van der Waals surface area contributed by atoms with Gasteiger partial charge >= 0.3 is 12.0 Å². The summed E-state index contributed by atoms with van der Waals surface area (Å²) in [5.74, 6) is -1.47. The molecular weight excluding hydrogens is 342 g/mol. The van der Waals surface area contributed by atoms with Crippen LogP contribution in [-0.4, -0.2) is 68.7 Å². The summed E-state index contributed by atoms with van der Waals surface area (Å²) in [6.45, 7) is 6.64. The van der Waals surface area contributed by atoms with E-state index in [9.17, 15) is 19.2 Å². The summed E-state index contributed by atoms with van der Waals surface area (Å²) in [5.41, 5.74) is -0.449. The van der Waals surface area contributed by atoms with Crippen LogP contribution in [-0.2, 0) is 23.9 Å². The van der Waals surface area contributed by atoms with Gasteiger partial charge in [-0.1, -0.05) is 20.8 Å². The third-order valence-corrected chi connectivity index (χ3v) is 3.95. The van der Waals surface area contributed by atoms with Gasteiger partial charge in [-0.3, -0.25) is 19.7 Å². The molecule has 0 atom stereocenters. The molecule has 0 bridgehead atoms. The Morgan fingerprint density at radius 2 is 1.73 bits per heavy atom. The number of carbonyl (C=O) groups excluding carboxylic acids is 4. The summed E-state index contributed by atoms with van der Waals surface area (Å²) >= 11 is 0. The van der Waals surface area contributed by atoms with Gasteiger partial charge in [0, 0.05) is 32.2 Å². The summed E-state index contributed by atoms with van der Waals surface area (Å²) in [4.78, 5) is 49.0. The summed E-state index contributed by atoms with van der Waals surface area (Å²) in [6.07, 6.45) is 1.000. The lowest BCUT2D eigenvalue weighted by molar-refractivity contribution is -0.155. The van der Waals surface area contributed by atoms with Gasteiger partial charge in [-0.2, -0.15) is 0 Å². The first-order valence-electron chi connectivity index (χ1n) is 8.67. The number of amides is 4. The highest BCUT2D eigenvalue weighted by Crippen LogP contribution is 2.24. The number of methoxy groups -OCH3 is 1. The fourth-order valence-electron chi connectivity index (χ4n) is 2.52. The zero-order valence-electron chi connectivity index (χ0n) is 15.9. The maximum atomic E-state index is 12.2. The Morgan fingerprint density at radius 3 is 2.27 bits per heavy atom. The molecule has 1 saturated heterocycles. The first kappa shape index (κ1) is 21.9. The second-order valence-corrected chi connectivity index (χ2v) is 7.22. The molecule has 1 fully saturated rings. The van der Waals surface area contributed by atoms with Crippen LogP contribution in [0.4, 0.5) is 4.79 Å². The van der Waals surface area contributed by atoms with E-state index in [1.807, 2.05) is 20.8 Å². The van der Waals surface area contributed by atoms with Crippen LogP contribution in [0.3, 0.4) is 0 Å². The minimum atomic E-state index is -0.700. The van der Waals surface area contributed by atoms with Gasteiger partial charge in [0.2, 0.25) is 5.91 Å². The second kappa shape index (κ2) is 10.1. The second-order valence-electron chi connectivity index (χ2n) is 7.22. The number of hydrogen-bond donors (Lipinski definition) is 2. The molecule has 148 valence electrons. The standard InChI is InChI=1S/C17H29N3O6/c1-17(2,3)15(23)20-8-5-12(6-9-20)14(22)26-11-13(21)19-16(24)18-7-10-25-4/h12H,5-11H2,1-4H3,(H2,18,19,21,24). The number of likely N-dealkylation sites (tertiary alicyclic amines) is 1. The van der Waals surface area contributed by atoms with Crippen LogP contribution in [0.5, 0.6) is 0 Å². The number of piperidine rings is 1. The highest BCUT2D eigenvalue weighted by atomic mass is 16.5. The number of esters is 1. The average Bonchev–Trinajstić information content (AvgIpc) is 2.58. The van der Waals surface area contributed by atoms with E-state index in [0.717, 1.165) is 0 Å². The van der Waals surface area contributed by atoms with Gasteiger partial charge in [0.05, 0.1) is 12.5 Å². The Balaban J connectivity index is 2.29. The topological polar surface area (TPSA) is 114 Å². The molecule has 26 heavy (non-hydrogen) atoms. The number of hydrogen-bond acceptors (Lipinski definition) is 6. The quantitative estimate of drug-likeness (QED) is 0.512. The van der Waals surface area contributed by atoms with Crippen molar-refractivity contribution in [3.05, 3.63) is 0 Å². The molecule has 1 aliphatic rings. The van der Waals surface area contributed by atoms with Crippen LogP contribution in [0, 0.1) is 11.3 Å². The van der Waals surface area contributed by atoms with Gasteiger partial charge < -0.3 is 19.7 Å². The Morgan fingerprint density at radius 1 is 1.12 bits per heavy atom. The molecule has 0 spiro atoms. The summed E-state index contributed by atoms with van der Waals surface area (Å²) in [7, 11) is 1.49. The van der Waals surface area contributed by atoms with Crippen molar-refractivity contribution >= 4 is 23.8 Å². The molecule has 2 N–H and O–H groups in total. The van der Waals surface area contributed by atoms with Gasteiger partial charge in [0.15, 0.2) is 6.61 Å². The average molecular weight is 371 g/mol. The number of urea groups is 1. The van der Waals surface area contributed by atoms with E-state index in [2.05, 4.69) is 10.6 Å². The van der Waals surface area contributed by atoms with Crippen molar-refractivity contribution in [3.63, 3.8) is 0 Å². The van der Waals surface area contributed by atoms with Gasteiger partial charge in [-0.15, -0.1) is 0 Å². The Labute approximate surface area is 153 Å². The largest absolute Gasteiger partial charge is 0.455 e. The minimum absolute atomic E-state index is 0.0585. The third kappa shape index (κ3) is 7.38. The van der Waals surface area contributed by atoms with E-state index in [0.29, 0.717) is 32.5 Å². The molecule has 0 aromatic heterocycles. The molecule has 0 unspecified atom stereocenters. The normalized spacial score (nSPS) is 15.3. The van der Waals surface area contributed by atoms with Crippen molar-refractivity contribution in [3.8, 4) is 0 Å². The van der Waals surface area contributed by atoms with Crippen molar-refractivity contribution in [2.75, 3.05) is 40.0 Å². The number of nitrogens with zero attached hydrogens (tertiary/aromatic N) is 1. The molecule has 9 heteroatoms. The number of ether oxygens (including phenoxy) is 2. The van der Waals surface area contributed by atoms with E-state index >= 15 is 0 Å². The lowest BCUT2D eigenvalue weighted by Gasteiger charge is -2.34. The third-order valence-electron chi connectivity index (χ3n) is 3.95. The highest BCUT2D eigenvalue weighted by Gasteiger charge is 2.33. The van der Waals surface area contributed by atoms with Gasteiger partial charge in [-0.25, -0.2) is 4.79 Å². The van der Waals surface area contributed by atoms with Crippen LogP contribution in [0.25, 0.3) is 0 Å². The van der Waals surface area contributed by atoms with Crippen LogP contribution in [0.2, 0.25) is 0 Å². The first-order valence-corrected chi connectivity index (χ1v) is 8.67. The molecule has 0 aliphatic carbocycles. The summed E-state index contributed by atoms with van der Waals surface area (Å²) in [6, 6.07) is -0.669. The molecule has 4 amide bonds. The molecule has 0 saturated carbocycles. The summed E-state index contributed by atoms with van der Waals surface area (Å²) < 4.78 is 9.74. The monoisotopic (exact) mass is 371 g/mol. The van der Waals surface area contributed by atoms with Crippen LogP contribution in [0.1, 0.15) is 33.6 Å². The van der Waals surface area contributed by atoms with Crippen LogP contribution in [0.15, 0.2) is 0 Å². The van der Waals surface area contributed by atoms with E-state index in [4.69, 9.17) is 9.47 Å². The number of imide groups is 1. The molecular formula is C17H29N3O6. The Hall–Kier alpha value is -2.16. The van der Waals surface area contributed by atoms with Gasteiger partial charge in [-0.05, 0) is 12.8 Å². The zero-order chi connectivity index (χ0) is 19.7. The number of carbonyl (C=O) groups is 4. The molecule has 0 aromatic carbocycles. The molecule has 1 aliphatic heterocycles. The highest BCUT2D eigenvalue weighted by molar-refractivity contribution is 5.95. The molecule has 9 nitrogen and oxygen atoms in total. The Kier molecular flexibility index (Phi) is 8.50. The lowest BCUT2D eigenvalue weighted by atomic mass is 9.91. The zero-order valence-corrected chi connectivity index (χ0v) is 15.9. The lowest BCUT2D eigenvalue weighted by Crippen LogP contribution is -2.46. The van der Waals surface area contributed by atoms with Gasteiger partial charge in [0.25, 0.3) is 5.91 Å². The van der Waals surface area contributed by atoms with Gasteiger partial charge in [0.1, 0.15) is 0 Å². The van der Waals surface area contributed by atoms with Crippen molar-refractivity contribution in [1.82, 2.24) is 15.5 Å². The molecule has 0 radical (unpaired) electrons. The van der Waals surface area contributed by atoms with E-state index < -0.39 is 29.9 Å². The SMILES string of the molecule is COCCNC(=O)NC(=O)COC(=O)C1CCN(C(=O)C(C)(C)C)CC1. The van der Waals surface area contributed by atoms with E-state index in [1.54, 1.807) is 4.90 Å². The Bertz CT molecular complexity index is 521. The van der Waals surface area contributed by atoms with Crippen LogP contribution >= 0.6 is 0 Å². The van der Waals surface area contributed by atoms with E-state index in [1.165, 1.54) is 7.11 Å². The van der Waals surface area contributed by atoms with E-state index in [-0.39, 0.29) is 18.4 Å². The smallest absolute Gasteiger partial charge is 0.321 e. The number of rotatable bonds is 6. The van der Waals surface area contributed by atoms with Crippen molar-refractivity contribution in [1.29, 1.82) is 0 Å². The predicted octanol–water partition coefficient (Wildman–Crippen LogP) is 0.287. The first-order chi connectivity index (χ1) is 12.1. The van der Waals surface area contributed by atoms with Crippen LogP contribution < -0.4 is 10.6 Å². The van der Waals surface area contributed by atoms with Crippen molar-refractivity contribution < 1.29 is 28.7 Å². The minimum Gasteiger partial charge on any atom is -0.455 e. The molecule has 1 heterocycles. The predicted molar refractivity (Wildman–Crippen MR) is 93.1 cm³/mol. The molecule has 1 rings (SSSR count). The van der Waals surface area contributed by atoms with Crippen molar-refractivity contribution in [2.24, 2.45) is 11.3 Å². The molecule has 0 aromatic rings. The maximum absolute atomic E-state index is 12.2. The maximum Gasteiger partial charge on any atom is 0.321 e.